The molecule has 90 valence electrons. The van der Waals surface area contributed by atoms with Gasteiger partial charge in [-0.05, 0) is 38.0 Å². The van der Waals surface area contributed by atoms with E-state index in [1.807, 2.05) is 0 Å². The lowest BCUT2D eigenvalue weighted by molar-refractivity contribution is -0.137. The molecule has 0 heterocycles. The van der Waals surface area contributed by atoms with Crippen LogP contribution in [0.4, 0.5) is 0 Å². The molecule has 0 bridgehead atoms. The first-order valence-electron chi connectivity index (χ1n) is 5.07. The SMILES string of the molecule is C=CC(=O)OCCCCS(C)(C)C(C)S. The normalized spacial score (nSPS) is 14.4. The number of hydrogen-bond acceptors (Lipinski definition) is 3. The molecule has 0 aliphatic carbocycles. The first-order chi connectivity index (χ1) is 6.90. The van der Waals surface area contributed by atoms with Gasteiger partial charge in [-0.1, -0.05) is 6.58 Å². The molecule has 1 unspecified atom stereocenters. The number of ether oxygens (including phenoxy) is 1. The number of carbonyl (C=O) groups excluding carboxylic acids is 1. The van der Waals surface area contributed by atoms with E-state index in [4.69, 9.17) is 4.74 Å². The van der Waals surface area contributed by atoms with Gasteiger partial charge in [-0.15, -0.1) is 0 Å². The fraction of sp³-hybridized carbons (Fsp3) is 0.727. The quantitative estimate of drug-likeness (QED) is 0.325. The van der Waals surface area contributed by atoms with Gasteiger partial charge in [0, 0.05) is 10.7 Å². The molecule has 0 spiro atoms. The van der Waals surface area contributed by atoms with E-state index in [9.17, 15) is 4.79 Å². The largest absolute Gasteiger partial charge is 0.463 e. The highest BCUT2D eigenvalue weighted by molar-refractivity contribution is 8.37. The van der Waals surface area contributed by atoms with Gasteiger partial charge >= 0.3 is 5.97 Å². The molecular weight excluding hydrogens is 228 g/mol. The molecule has 0 aromatic carbocycles. The van der Waals surface area contributed by atoms with E-state index in [0.29, 0.717) is 11.2 Å². The molecule has 1 atom stereocenters. The Hall–Kier alpha value is -0.0900. The third kappa shape index (κ3) is 6.90. The Morgan fingerprint density at radius 1 is 1.53 bits per heavy atom. The molecule has 0 saturated carbocycles. The van der Waals surface area contributed by atoms with E-state index in [1.54, 1.807) is 0 Å². The monoisotopic (exact) mass is 250 g/mol. The van der Waals surface area contributed by atoms with Gasteiger partial charge in [0.1, 0.15) is 0 Å². The molecular formula is C11H22O2S2. The predicted octanol–water partition coefficient (Wildman–Crippen LogP) is 2.84. The zero-order valence-corrected chi connectivity index (χ0v) is 11.6. The molecule has 0 radical (unpaired) electrons. The molecule has 0 fully saturated rings. The number of rotatable bonds is 7. The van der Waals surface area contributed by atoms with Gasteiger partial charge in [-0.25, -0.2) is 14.8 Å². The summed E-state index contributed by atoms with van der Waals surface area (Å²) in [6.45, 7) is 5.99. The number of unbranched alkanes of at least 4 members (excludes halogenated alkanes) is 1. The third-order valence-electron chi connectivity index (χ3n) is 2.40. The number of esters is 1. The maximum atomic E-state index is 10.7. The Kier molecular flexibility index (Phi) is 7.18. The second kappa shape index (κ2) is 7.23. The lowest BCUT2D eigenvalue weighted by Gasteiger charge is -2.35. The minimum atomic E-state index is -0.601. The predicted molar refractivity (Wildman–Crippen MR) is 73.1 cm³/mol. The van der Waals surface area contributed by atoms with Gasteiger partial charge in [-0.2, -0.15) is 12.6 Å². The standard InChI is InChI=1S/C11H22O2S2/c1-5-11(12)13-8-6-7-9-15(3,4)10(2)14/h5,10,14H,1,6-9H2,2-4H3. The van der Waals surface area contributed by atoms with E-state index < -0.39 is 10.0 Å². The zero-order valence-electron chi connectivity index (χ0n) is 9.86. The van der Waals surface area contributed by atoms with Crippen LogP contribution in [0.15, 0.2) is 12.7 Å². The van der Waals surface area contributed by atoms with Gasteiger partial charge in [0.25, 0.3) is 0 Å². The first kappa shape index (κ1) is 14.9. The van der Waals surface area contributed by atoms with Crippen LogP contribution in [-0.4, -0.2) is 35.4 Å². The van der Waals surface area contributed by atoms with Crippen molar-refractivity contribution in [2.24, 2.45) is 0 Å². The fourth-order valence-electron chi connectivity index (χ4n) is 0.978. The van der Waals surface area contributed by atoms with Crippen molar-refractivity contribution in [1.82, 2.24) is 0 Å². The fourth-order valence-corrected chi connectivity index (χ4v) is 2.58. The summed E-state index contributed by atoms with van der Waals surface area (Å²) in [6, 6.07) is 0. The van der Waals surface area contributed by atoms with Crippen LogP contribution in [0, 0.1) is 0 Å². The summed E-state index contributed by atoms with van der Waals surface area (Å²) >= 11 is 4.49. The van der Waals surface area contributed by atoms with Crippen LogP contribution in [0.5, 0.6) is 0 Å². The molecule has 0 saturated heterocycles. The zero-order chi connectivity index (χ0) is 11.9. The Bertz CT molecular complexity index is 213. The first-order valence-corrected chi connectivity index (χ1v) is 8.27. The Balaban J connectivity index is 3.54. The van der Waals surface area contributed by atoms with Crippen LogP contribution in [0.2, 0.25) is 0 Å². The number of carbonyl (C=O) groups is 1. The number of hydrogen-bond donors (Lipinski definition) is 1. The highest BCUT2D eigenvalue weighted by atomic mass is 32.3. The summed E-state index contributed by atoms with van der Waals surface area (Å²) in [5.74, 6) is 0.854. The van der Waals surface area contributed by atoms with Crippen LogP contribution in [0.3, 0.4) is 0 Å². The topological polar surface area (TPSA) is 26.3 Å². The summed E-state index contributed by atoms with van der Waals surface area (Å²) < 4.78 is 5.37. The van der Waals surface area contributed by atoms with Gasteiger partial charge in [0.05, 0.1) is 6.61 Å². The van der Waals surface area contributed by atoms with Crippen molar-refractivity contribution < 1.29 is 9.53 Å². The summed E-state index contributed by atoms with van der Waals surface area (Å²) in [6.07, 6.45) is 7.81. The number of thiol groups is 1. The molecule has 0 rings (SSSR count). The minimum absolute atomic E-state index is 0.329. The molecule has 4 heteroatoms. The molecule has 15 heavy (non-hydrogen) atoms. The van der Waals surface area contributed by atoms with Gasteiger partial charge in [0.2, 0.25) is 0 Å². The minimum Gasteiger partial charge on any atom is -0.463 e. The highest BCUT2D eigenvalue weighted by Gasteiger charge is 2.16. The van der Waals surface area contributed by atoms with Crippen LogP contribution >= 0.6 is 22.7 Å². The molecule has 2 nitrogen and oxygen atoms in total. The van der Waals surface area contributed by atoms with Gasteiger partial charge < -0.3 is 4.74 Å². The van der Waals surface area contributed by atoms with Crippen molar-refractivity contribution in [2.75, 3.05) is 24.9 Å². The molecule has 0 N–H and O–H groups in total. The smallest absolute Gasteiger partial charge is 0.330 e. The average Bonchev–Trinajstić information content (AvgIpc) is 2.16. The Morgan fingerprint density at radius 3 is 2.60 bits per heavy atom. The summed E-state index contributed by atoms with van der Waals surface area (Å²) in [4.78, 5) is 10.7. The van der Waals surface area contributed by atoms with Crippen LogP contribution in [0.1, 0.15) is 19.8 Å². The van der Waals surface area contributed by atoms with E-state index >= 15 is 0 Å². The van der Waals surface area contributed by atoms with Crippen LogP contribution < -0.4 is 0 Å². The van der Waals surface area contributed by atoms with E-state index in [1.165, 1.54) is 11.8 Å². The van der Waals surface area contributed by atoms with Crippen molar-refractivity contribution in [3.8, 4) is 0 Å². The second-order valence-corrected chi connectivity index (χ2v) is 9.49. The Labute approximate surface area is 100 Å². The third-order valence-corrected chi connectivity index (χ3v) is 7.30. The van der Waals surface area contributed by atoms with E-state index in [-0.39, 0.29) is 5.97 Å². The van der Waals surface area contributed by atoms with Crippen molar-refractivity contribution in [2.45, 2.75) is 24.3 Å². The second-order valence-electron chi connectivity index (χ2n) is 4.01. The molecule has 0 aliphatic heterocycles. The average molecular weight is 250 g/mol. The lowest BCUT2D eigenvalue weighted by atomic mass is 10.4. The van der Waals surface area contributed by atoms with Crippen molar-refractivity contribution in [3.05, 3.63) is 12.7 Å². The van der Waals surface area contributed by atoms with Crippen LogP contribution in [-0.2, 0) is 9.53 Å². The summed E-state index contributed by atoms with van der Waals surface area (Å²) in [7, 11) is -0.601. The maximum absolute atomic E-state index is 10.7. The van der Waals surface area contributed by atoms with Crippen LogP contribution in [0.25, 0.3) is 0 Å². The van der Waals surface area contributed by atoms with Crippen molar-refractivity contribution in [3.63, 3.8) is 0 Å². The van der Waals surface area contributed by atoms with Gasteiger partial charge in [0.15, 0.2) is 0 Å². The molecule has 0 aliphatic rings. The molecule has 0 aromatic heterocycles. The van der Waals surface area contributed by atoms with Gasteiger partial charge in [-0.3, -0.25) is 0 Å². The Morgan fingerprint density at radius 2 is 2.13 bits per heavy atom. The summed E-state index contributed by atoms with van der Waals surface area (Å²) in [5, 5.41) is 0. The van der Waals surface area contributed by atoms with Crippen molar-refractivity contribution >= 4 is 28.6 Å². The van der Waals surface area contributed by atoms with E-state index in [2.05, 4.69) is 38.6 Å². The molecule has 0 amide bonds. The summed E-state index contributed by atoms with van der Waals surface area (Å²) in [5.41, 5.74) is 0. The molecule has 0 aromatic rings. The maximum Gasteiger partial charge on any atom is 0.330 e. The van der Waals surface area contributed by atoms with Crippen molar-refractivity contribution in [1.29, 1.82) is 0 Å². The highest BCUT2D eigenvalue weighted by Crippen LogP contribution is 2.47. The van der Waals surface area contributed by atoms with E-state index in [0.717, 1.165) is 12.8 Å². The lowest BCUT2D eigenvalue weighted by Crippen LogP contribution is -2.11.